The van der Waals surface area contributed by atoms with E-state index in [0.29, 0.717) is 18.7 Å². The minimum absolute atomic E-state index is 0.135. The van der Waals surface area contributed by atoms with Gasteiger partial charge >= 0.3 is 10.4 Å². The lowest BCUT2D eigenvalue weighted by molar-refractivity contribution is 0.158. The zero-order valence-electron chi connectivity index (χ0n) is 11.1. The molecule has 118 valence electrons. The highest BCUT2D eigenvalue weighted by molar-refractivity contribution is 9.11. The van der Waals surface area contributed by atoms with Crippen molar-refractivity contribution in [2.75, 3.05) is 5.73 Å². The molecule has 9 heteroatoms. The third-order valence-corrected chi connectivity index (χ3v) is 5.04. The second kappa shape index (κ2) is 6.93. The van der Waals surface area contributed by atoms with Gasteiger partial charge in [0.2, 0.25) is 0 Å². The molecule has 6 nitrogen and oxygen atoms in total. The predicted molar refractivity (Wildman–Crippen MR) is 87.2 cm³/mol. The molecule has 1 aliphatic carbocycles. The number of hydrogen-bond donors (Lipinski definition) is 3. The van der Waals surface area contributed by atoms with Gasteiger partial charge in [0.05, 0.1) is 11.8 Å². The lowest BCUT2D eigenvalue weighted by Crippen LogP contribution is -2.38. The number of nitrogens with two attached hydrogens (primary N) is 1. The summed E-state index contributed by atoms with van der Waals surface area (Å²) in [5.74, 6) is 0. The van der Waals surface area contributed by atoms with Gasteiger partial charge in [-0.25, -0.2) is 4.18 Å². The van der Waals surface area contributed by atoms with E-state index in [4.69, 9.17) is 14.5 Å². The van der Waals surface area contributed by atoms with E-state index in [1.54, 1.807) is 0 Å². The molecule has 1 aromatic carbocycles. The molecule has 0 heterocycles. The molecule has 0 aliphatic heterocycles. The number of hydrogen-bond acceptors (Lipinski definition) is 5. The average Bonchev–Trinajstić information content (AvgIpc) is 2.77. The average molecular weight is 444 g/mol. The van der Waals surface area contributed by atoms with Crippen LogP contribution in [0.4, 0.5) is 5.69 Å². The first-order chi connectivity index (χ1) is 9.76. The van der Waals surface area contributed by atoms with Gasteiger partial charge in [-0.2, -0.15) is 8.42 Å². The normalized spacial score (nSPS) is 22.6. The smallest absolute Gasteiger partial charge is 0.397 e. The van der Waals surface area contributed by atoms with Crippen LogP contribution in [0, 0.1) is 0 Å². The van der Waals surface area contributed by atoms with Crippen molar-refractivity contribution in [2.45, 2.75) is 38.0 Å². The van der Waals surface area contributed by atoms with E-state index in [9.17, 15) is 8.42 Å². The Morgan fingerprint density at radius 3 is 2.76 bits per heavy atom. The number of nitrogens with one attached hydrogen (secondary N) is 1. The van der Waals surface area contributed by atoms with Crippen LogP contribution in [0.15, 0.2) is 21.1 Å². The van der Waals surface area contributed by atoms with Crippen molar-refractivity contribution >= 4 is 47.9 Å². The van der Waals surface area contributed by atoms with Crippen LogP contribution in [-0.4, -0.2) is 25.1 Å². The van der Waals surface area contributed by atoms with Gasteiger partial charge in [0, 0.05) is 21.5 Å². The molecule has 2 rings (SSSR count). The third-order valence-electron chi connectivity index (χ3n) is 3.43. The summed E-state index contributed by atoms with van der Waals surface area (Å²) in [5, 5.41) is 3.24. The highest BCUT2D eigenvalue weighted by Crippen LogP contribution is 2.29. The molecule has 21 heavy (non-hydrogen) atoms. The quantitative estimate of drug-likeness (QED) is 0.477. The zero-order chi connectivity index (χ0) is 15.6. The van der Waals surface area contributed by atoms with Crippen molar-refractivity contribution in [3.63, 3.8) is 0 Å². The first kappa shape index (κ1) is 17.2. The number of benzene rings is 1. The summed E-state index contributed by atoms with van der Waals surface area (Å²) in [7, 11) is -4.42. The van der Waals surface area contributed by atoms with Crippen LogP contribution in [0.25, 0.3) is 0 Å². The fourth-order valence-electron chi connectivity index (χ4n) is 2.46. The SMILES string of the molecule is Nc1c(Br)cc(Br)cc1CN[C@@H]1CCC[C@H]1OS(=O)(=O)O. The molecular formula is C12H16Br2N2O4S. The number of halogens is 2. The molecule has 0 radical (unpaired) electrons. The summed E-state index contributed by atoms with van der Waals surface area (Å²) >= 11 is 6.78. The van der Waals surface area contributed by atoms with Crippen LogP contribution in [0.5, 0.6) is 0 Å². The van der Waals surface area contributed by atoms with Gasteiger partial charge in [-0.15, -0.1) is 0 Å². The number of anilines is 1. The second-order valence-corrected chi connectivity index (χ2v) is 7.76. The Hall–Kier alpha value is -0.190. The molecule has 0 unspecified atom stereocenters. The molecule has 1 saturated carbocycles. The van der Waals surface area contributed by atoms with Gasteiger partial charge < -0.3 is 11.1 Å². The predicted octanol–water partition coefficient (Wildman–Crippen LogP) is 2.62. The van der Waals surface area contributed by atoms with E-state index in [-0.39, 0.29) is 6.04 Å². The first-order valence-corrected chi connectivity index (χ1v) is 9.34. The highest BCUT2D eigenvalue weighted by atomic mass is 79.9. The van der Waals surface area contributed by atoms with Crippen molar-refractivity contribution in [1.29, 1.82) is 0 Å². The van der Waals surface area contributed by atoms with E-state index in [1.807, 2.05) is 12.1 Å². The maximum atomic E-state index is 10.8. The van der Waals surface area contributed by atoms with Crippen molar-refractivity contribution in [2.24, 2.45) is 0 Å². The molecule has 1 fully saturated rings. The first-order valence-electron chi connectivity index (χ1n) is 6.39. The van der Waals surface area contributed by atoms with Gasteiger partial charge in [0.15, 0.2) is 0 Å². The Morgan fingerprint density at radius 1 is 1.38 bits per heavy atom. The minimum Gasteiger partial charge on any atom is -0.398 e. The molecule has 4 N–H and O–H groups in total. The fraction of sp³-hybridized carbons (Fsp3) is 0.500. The summed E-state index contributed by atoms with van der Waals surface area (Å²) in [5.41, 5.74) is 7.53. The van der Waals surface area contributed by atoms with E-state index in [0.717, 1.165) is 27.4 Å². The van der Waals surface area contributed by atoms with Crippen LogP contribution in [0.2, 0.25) is 0 Å². The Kier molecular flexibility index (Phi) is 5.66. The summed E-state index contributed by atoms with van der Waals surface area (Å²) in [6.45, 7) is 0.486. The Labute approximate surface area is 140 Å². The van der Waals surface area contributed by atoms with Gasteiger partial charge in [-0.3, -0.25) is 4.55 Å². The molecule has 2 atom stereocenters. The van der Waals surface area contributed by atoms with Gasteiger partial charge in [0.25, 0.3) is 0 Å². The van der Waals surface area contributed by atoms with E-state index < -0.39 is 16.5 Å². The van der Waals surface area contributed by atoms with Crippen LogP contribution in [0.1, 0.15) is 24.8 Å². The van der Waals surface area contributed by atoms with Crippen molar-refractivity contribution in [3.05, 3.63) is 26.6 Å². The molecule has 1 aromatic rings. The van der Waals surface area contributed by atoms with Crippen molar-refractivity contribution in [3.8, 4) is 0 Å². The lowest BCUT2D eigenvalue weighted by atomic mass is 10.1. The van der Waals surface area contributed by atoms with Gasteiger partial charge in [-0.05, 0) is 52.9 Å². The Morgan fingerprint density at radius 2 is 2.10 bits per heavy atom. The number of nitrogen functional groups attached to an aromatic ring is 1. The largest absolute Gasteiger partial charge is 0.398 e. The van der Waals surface area contributed by atoms with Crippen LogP contribution in [-0.2, 0) is 21.1 Å². The van der Waals surface area contributed by atoms with Crippen molar-refractivity contribution < 1.29 is 17.2 Å². The molecular weight excluding hydrogens is 428 g/mol. The molecule has 0 spiro atoms. The molecule has 0 aromatic heterocycles. The maximum Gasteiger partial charge on any atom is 0.397 e. The summed E-state index contributed by atoms with van der Waals surface area (Å²) in [6.07, 6.45) is 1.68. The zero-order valence-corrected chi connectivity index (χ0v) is 15.0. The van der Waals surface area contributed by atoms with Crippen LogP contribution < -0.4 is 11.1 Å². The van der Waals surface area contributed by atoms with E-state index >= 15 is 0 Å². The summed E-state index contributed by atoms with van der Waals surface area (Å²) in [4.78, 5) is 0. The summed E-state index contributed by atoms with van der Waals surface area (Å²) < 4.78 is 36.8. The van der Waals surface area contributed by atoms with Gasteiger partial charge in [0.1, 0.15) is 0 Å². The fourth-order valence-corrected chi connectivity index (χ4v) is 4.31. The maximum absolute atomic E-state index is 10.8. The van der Waals surface area contributed by atoms with Crippen LogP contribution >= 0.6 is 31.9 Å². The van der Waals surface area contributed by atoms with Crippen LogP contribution in [0.3, 0.4) is 0 Å². The van der Waals surface area contributed by atoms with Crippen molar-refractivity contribution in [1.82, 2.24) is 5.32 Å². The second-order valence-electron chi connectivity index (χ2n) is 4.94. The minimum atomic E-state index is -4.42. The topological polar surface area (TPSA) is 102 Å². The van der Waals surface area contributed by atoms with Gasteiger partial charge in [-0.1, -0.05) is 15.9 Å². The monoisotopic (exact) mass is 442 g/mol. The highest BCUT2D eigenvalue weighted by Gasteiger charge is 2.31. The summed E-state index contributed by atoms with van der Waals surface area (Å²) in [6, 6.07) is 3.63. The van der Waals surface area contributed by atoms with E-state index in [2.05, 4.69) is 37.2 Å². The molecule has 0 saturated heterocycles. The standard InChI is InChI=1S/C12H16Br2N2O4S/c13-8-4-7(12(15)9(14)5-8)6-16-10-2-1-3-11(10)20-21(17,18)19/h4-5,10-11,16H,1-3,6,15H2,(H,17,18,19)/t10-,11-/m1/s1. The molecule has 0 bridgehead atoms. The lowest BCUT2D eigenvalue weighted by Gasteiger charge is -2.20. The number of rotatable bonds is 5. The molecule has 1 aliphatic rings. The Balaban J connectivity index is 2.02. The Bertz CT molecular complexity index is 624. The van der Waals surface area contributed by atoms with E-state index in [1.165, 1.54) is 0 Å². The third kappa shape index (κ3) is 4.90. The molecule has 0 amide bonds.